The lowest BCUT2D eigenvalue weighted by Gasteiger charge is -2.42. The predicted molar refractivity (Wildman–Crippen MR) is 144 cm³/mol. The van der Waals surface area contributed by atoms with Gasteiger partial charge in [0.05, 0.1) is 6.04 Å². The molecule has 1 aromatic heterocycles. The summed E-state index contributed by atoms with van der Waals surface area (Å²) >= 11 is 6.69. The molecule has 0 bridgehead atoms. The first-order chi connectivity index (χ1) is 19.2. The van der Waals surface area contributed by atoms with Gasteiger partial charge in [-0.05, 0) is 61.1 Å². The van der Waals surface area contributed by atoms with E-state index in [4.69, 9.17) is 16.3 Å². The van der Waals surface area contributed by atoms with Crippen molar-refractivity contribution in [3.63, 3.8) is 0 Å². The van der Waals surface area contributed by atoms with Crippen molar-refractivity contribution in [1.29, 1.82) is 0 Å². The number of benzene rings is 1. The number of aryl methyl sites for hydroxylation is 1. The van der Waals surface area contributed by atoms with Crippen molar-refractivity contribution in [3.05, 3.63) is 51.8 Å². The Labute approximate surface area is 237 Å². The van der Waals surface area contributed by atoms with E-state index in [2.05, 4.69) is 29.4 Å². The van der Waals surface area contributed by atoms with Crippen molar-refractivity contribution < 1.29 is 23.1 Å². The number of hydrogen-bond acceptors (Lipinski definition) is 5. The van der Waals surface area contributed by atoms with Crippen molar-refractivity contribution in [2.75, 3.05) is 19.6 Å². The van der Waals surface area contributed by atoms with Gasteiger partial charge < -0.3 is 14.5 Å². The second-order valence-corrected chi connectivity index (χ2v) is 12.3. The Morgan fingerprint density at radius 2 is 2.02 bits per heavy atom. The van der Waals surface area contributed by atoms with Gasteiger partial charge in [0, 0.05) is 49.6 Å². The third kappa shape index (κ3) is 4.88. The van der Waals surface area contributed by atoms with Crippen LogP contribution in [0.25, 0.3) is 0 Å². The summed E-state index contributed by atoms with van der Waals surface area (Å²) < 4.78 is 34.5. The average Bonchev–Trinajstić information content (AvgIpc) is 3.45. The van der Waals surface area contributed by atoms with Crippen LogP contribution in [0.3, 0.4) is 0 Å². The first-order valence-electron chi connectivity index (χ1n) is 14.0. The number of aromatic nitrogens is 3. The van der Waals surface area contributed by atoms with Gasteiger partial charge in [-0.1, -0.05) is 35.9 Å². The standard InChI is InChI=1S/C29H34ClF2N5O3/c1-17-5-3-4-6-18(17)28(39)37-12-9-19-20(30)7-8-23(40-15-21-26(27(31)32)35(2)34-33-21)25(19)22(37)14-36-16-29(10-11-29)13-24(36)38/h3-4,7-8,17-18,22,27H,5-6,9-16H2,1-2H3/t17-,18+,22+/m0/s1. The summed E-state index contributed by atoms with van der Waals surface area (Å²) in [5, 5.41) is 8.19. The summed E-state index contributed by atoms with van der Waals surface area (Å²) in [7, 11) is 1.42. The van der Waals surface area contributed by atoms with E-state index in [0.717, 1.165) is 35.1 Å². The molecule has 4 aliphatic rings. The zero-order valence-electron chi connectivity index (χ0n) is 22.8. The Balaban J connectivity index is 1.36. The topological polar surface area (TPSA) is 80.6 Å². The van der Waals surface area contributed by atoms with Gasteiger partial charge in [-0.15, -0.1) is 5.10 Å². The van der Waals surface area contributed by atoms with E-state index >= 15 is 0 Å². The van der Waals surface area contributed by atoms with E-state index in [1.54, 1.807) is 12.1 Å². The van der Waals surface area contributed by atoms with Crippen LogP contribution in [0.5, 0.6) is 5.75 Å². The molecule has 2 aliphatic heterocycles. The molecule has 0 N–H and O–H groups in total. The van der Waals surface area contributed by atoms with Crippen LogP contribution in [0.2, 0.25) is 5.02 Å². The lowest BCUT2D eigenvalue weighted by Crippen LogP contribution is -2.49. The molecule has 2 amide bonds. The Morgan fingerprint density at radius 1 is 1.25 bits per heavy atom. The van der Waals surface area contributed by atoms with Crippen LogP contribution < -0.4 is 4.74 Å². The number of halogens is 3. The molecule has 1 spiro atoms. The maximum absolute atomic E-state index is 14.1. The third-order valence-corrected chi connectivity index (χ3v) is 9.55. The van der Waals surface area contributed by atoms with Crippen molar-refractivity contribution in [3.8, 4) is 5.75 Å². The smallest absolute Gasteiger partial charge is 0.282 e. The highest BCUT2D eigenvalue weighted by atomic mass is 35.5. The Bertz CT molecular complexity index is 1360. The Morgan fingerprint density at radius 3 is 2.73 bits per heavy atom. The second-order valence-electron chi connectivity index (χ2n) is 11.8. The molecule has 2 aromatic rings. The van der Waals surface area contributed by atoms with Crippen LogP contribution in [-0.2, 0) is 29.7 Å². The van der Waals surface area contributed by atoms with Crippen LogP contribution in [0.15, 0.2) is 24.3 Å². The highest BCUT2D eigenvalue weighted by molar-refractivity contribution is 6.31. The summed E-state index contributed by atoms with van der Waals surface area (Å²) in [5.41, 5.74) is 1.45. The molecule has 1 saturated carbocycles. The molecule has 1 saturated heterocycles. The number of carbonyl (C=O) groups excluding carboxylic acids is 2. The molecule has 1 aromatic carbocycles. The van der Waals surface area contributed by atoms with E-state index in [1.165, 1.54) is 7.05 Å². The van der Waals surface area contributed by atoms with Crippen molar-refractivity contribution in [2.24, 2.45) is 24.3 Å². The van der Waals surface area contributed by atoms with Gasteiger partial charge in [0.1, 0.15) is 23.7 Å². The van der Waals surface area contributed by atoms with Crippen LogP contribution in [0, 0.1) is 17.3 Å². The molecule has 0 unspecified atom stereocenters. The number of fused-ring (bicyclic) bond motifs is 1. The summed E-state index contributed by atoms with van der Waals surface area (Å²) in [6, 6.07) is 3.00. The number of hydrogen-bond donors (Lipinski definition) is 0. The van der Waals surface area contributed by atoms with Crippen molar-refractivity contribution in [1.82, 2.24) is 24.8 Å². The fourth-order valence-corrected chi connectivity index (χ4v) is 6.92. The number of ether oxygens (including phenoxy) is 1. The van der Waals surface area contributed by atoms with Crippen molar-refractivity contribution >= 4 is 23.4 Å². The number of rotatable bonds is 7. The number of likely N-dealkylation sites (tertiary alicyclic amines) is 1. The molecule has 2 fully saturated rings. The highest BCUT2D eigenvalue weighted by Crippen LogP contribution is 2.54. The molecule has 40 heavy (non-hydrogen) atoms. The Kier molecular flexibility index (Phi) is 7.09. The largest absolute Gasteiger partial charge is 0.487 e. The van der Waals surface area contributed by atoms with Gasteiger partial charge in [-0.3, -0.25) is 9.59 Å². The molecule has 2 aliphatic carbocycles. The average molecular weight is 574 g/mol. The minimum atomic E-state index is -2.75. The SMILES string of the molecule is C[C@H]1CC=CC[C@H]1C(=O)N1CCc2c(Cl)ccc(OCc3nnn(C)c3C(F)F)c2[C@H]1CN1CC2(CC2)CC1=O. The number of nitrogens with zero attached hydrogens (tertiary/aromatic N) is 5. The molecule has 11 heteroatoms. The van der Waals surface area contributed by atoms with E-state index < -0.39 is 12.5 Å². The van der Waals surface area contributed by atoms with E-state index in [-0.39, 0.29) is 47.1 Å². The van der Waals surface area contributed by atoms with Gasteiger partial charge in [-0.2, -0.15) is 0 Å². The van der Waals surface area contributed by atoms with Crippen LogP contribution >= 0.6 is 11.6 Å². The second kappa shape index (κ2) is 10.4. The number of carbonyl (C=O) groups is 2. The lowest BCUT2D eigenvalue weighted by atomic mass is 9.82. The molecule has 6 rings (SSSR count). The van der Waals surface area contributed by atoms with Crippen LogP contribution in [0.1, 0.15) is 74.0 Å². The number of alkyl halides is 2. The summed E-state index contributed by atoms with van der Waals surface area (Å²) in [6.07, 6.45) is 6.17. The van der Waals surface area contributed by atoms with Gasteiger partial charge in [0.25, 0.3) is 6.43 Å². The molecule has 8 nitrogen and oxygen atoms in total. The van der Waals surface area contributed by atoms with Crippen LogP contribution in [0.4, 0.5) is 8.78 Å². The molecule has 0 radical (unpaired) electrons. The molecular formula is C29H34ClF2N5O3. The normalized spacial score (nSPS) is 25.1. The predicted octanol–water partition coefficient (Wildman–Crippen LogP) is 5.03. The fraction of sp³-hybridized carbons (Fsp3) is 0.586. The minimum absolute atomic E-state index is 0.0507. The monoisotopic (exact) mass is 573 g/mol. The Hall–Kier alpha value is -3.01. The van der Waals surface area contributed by atoms with Gasteiger partial charge in [0.15, 0.2) is 0 Å². The molecule has 214 valence electrons. The van der Waals surface area contributed by atoms with Gasteiger partial charge in [-0.25, -0.2) is 13.5 Å². The minimum Gasteiger partial charge on any atom is -0.487 e. The summed E-state index contributed by atoms with van der Waals surface area (Å²) in [4.78, 5) is 31.0. The lowest BCUT2D eigenvalue weighted by molar-refractivity contribution is -0.142. The van der Waals surface area contributed by atoms with Crippen LogP contribution in [-0.4, -0.2) is 56.2 Å². The molecular weight excluding hydrogens is 540 g/mol. The third-order valence-electron chi connectivity index (χ3n) is 9.19. The zero-order chi connectivity index (χ0) is 28.2. The first kappa shape index (κ1) is 27.2. The molecule has 3 atom stereocenters. The summed E-state index contributed by atoms with van der Waals surface area (Å²) in [5.74, 6) is 0.700. The highest BCUT2D eigenvalue weighted by Gasteiger charge is 2.52. The first-order valence-corrected chi connectivity index (χ1v) is 14.4. The van der Waals surface area contributed by atoms with E-state index in [1.807, 2.05) is 9.80 Å². The maximum Gasteiger partial charge on any atom is 0.282 e. The fourth-order valence-electron chi connectivity index (χ4n) is 6.66. The van der Waals surface area contributed by atoms with Gasteiger partial charge >= 0.3 is 0 Å². The van der Waals surface area contributed by atoms with E-state index in [0.29, 0.717) is 49.7 Å². The zero-order valence-corrected chi connectivity index (χ0v) is 23.5. The molecule has 3 heterocycles. The van der Waals surface area contributed by atoms with Crippen molar-refractivity contribution in [2.45, 2.75) is 64.5 Å². The maximum atomic E-state index is 14.1. The quantitative estimate of drug-likeness (QED) is 0.434. The summed E-state index contributed by atoms with van der Waals surface area (Å²) in [6.45, 7) is 3.42. The van der Waals surface area contributed by atoms with Gasteiger partial charge in [0.2, 0.25) is 11.8 Å². The number of allylic oxidation sites excluding steroid dienone is 2. The number of amides is 2. The van der Waals surface area contributed by atoms with E-state index in [9.17, 15) is 18.4 Å².